The van der Waals surface area contributed by atoms with E-state index >= 15 is 0 Å². The Morgan fingerprint density at radius 1 is 1.03 bits per heavy atom. The molecule has 1 fully saturated rings. The lowest BCUT2D eigenvalue weighted by Crippen LogP contribution is -2.39. The highest BCUT2D eigenvalue weighted by molar-refractivity contribution is 9.12. The summed E-state index contributed by atoms with van der Waals surface area (Å²) >= 11 is 3.23. The minimum atomic E-state index is -0.666. The minimum Gasteiger partial charge on any atom is -0.507 e. The molecule has 0 saturated carbocycles. The number of fused-ring (bicyclic) bond motifs is 4. The van der Waals surface area contributed by atoms with Crippen molar-refractivity contribution >= 4 is 50.1 Å². The smallest absolute Gasteiger partial charge is 0.233 e. The molecule has 176 valence electrons. The molecule has 1 N–H and O–H groups in total. The van der Waals surface area contributed by atoms with E-state index in [0.29, 0.717) is 35.1 Å². The van der Waals surface area contributed by atoms with Gasteiger partial charge >= 0.3 is 0 Å². The Labute approximate surface area is 210 Å². The van der Waals surface area contributed by atoms with E-state index in [0.717, 1.165) is 11.0 Å². The van der Waals surface area contributed by atoms with E-state index in [1.54, 1.807) is 13.0 Å². The number of hydrogen-bond donors (Lipinski definition) is 1. The Balaban J connectivity index is 1.59. The van der Waals surface area contributed by atoms with Crippen molar-refractivity contribution in [3.63, 3.8) is 0 Å². The average Bonchev–Trinajstić information content (AvgIpc) is 3.11. The second-order valence-electron chi connectivity index (χ2n) is 9.54. The number of halogens is 1. The molecule has 6 nitrogen and oxygen atoms in total. The number of allylic oxidation sites excluding steroid dienone is 6. The molecule has 0 unspecified atom stereocenters. The molecule has 2 aromatic carbocycles. The van der Waals surface area contributed by atoms with Crippen LogP contribution in [0.15, 0.2) is 69.8 Å². The van der Waals surface area contributed by atoms with E-state index in [2.05, 4.69) is 15.9 Å². The molecule has 2 amide bonds. The first-order chi connectivity index (χ1) is 16.8. The third-order valence-electron chi connectivity index (χ3n) is 7.98. The maximum absolute atomic E-state index is 13.3. The largest absolute Gasteiger partial charge is 0.507 e. The number of nitrogens with zero attached hydrogens (tertiary/aromatic N) is 1. The molecule has 6 rings (SSSR count). The van der Waals surface area contributed by atoms with Gasteiger partial charge in [0.15, 0.2) is 11.6 Å². The van der Waals surface area contributed by atoms with Gasteiger partial charge in [0.1, 0.15) is 5.75 Å². The summed E-state index contributed by atoms with van der Waals surface area (Å²) in [7, 11) is 0. The van der Waals surface area contributed by atoms with Crippen LogP contribution in [0, 0.1) is 17.8 Å². The van der Waals surface area contributed by atoms with Gasteiger partial charge in [-0.15, -0.1) is 0 Å². The molecular formula is C28H22BrNO5. The monoisotopic (exact) mass is 531 g/mol. The third kappa shape index (κ3) is 3.00. The van der Waals surface area contributed by atoms with Crippen LogP contribution in [0.3, 0.4) is 0 Å². The first-order valence-corrected chi connectivity index (χ1v) is 12.6. The zero-order valence-electron chi connectivity index (χ0n) is 19.0. The second-order valence-corrected chi connectivity index (χ2v) is 10.4. The van der Waals surface area contributed by atoms with Crippen molar-refractivity contribution in [3.8, 4) is 5.75 Å². The summed E-state index contributed by atoms with van der Waals surface area (Å²) in [4.78, 5) is 54.1. The highest BCUT2D eigenvalue weighted by Gasteiger charge is 2.56. The van der Waals surface area contributed by atoms with Crippen LogP contribution in [0.4, 0.5) is 0 Å². The molecule has 0 spiro atoms. The Morgan fingerprint density at radius 3 is 2.57 bits per heavy atom. The fourth-order valence-corrected chi connectivity index (χ4v) is 6.89. The van der Waals surface area contributed by atoms with Crippen LogP contribution in [-0.4, -0.2) is 39.9 Å². The SMILES string of the molecule is CCN1C(=O)[C@H]2[C@H](CC=C3[C@H](c4ccc5ccccc5c4O)C4=C(C[C@H]32)C(=O)C(Br)=CC4=O)C1=O. The molecular weight excluding hydrogens is 510 g/mol. The number of imide groups is 1. The predicted molar refractivity (Wildman–Crippen MR) is 133 cm³/mol. The average molecular weight is 532 g/mol. The number of phenolic OH excluding ortho intramolecular Hbond substituents is 1. The molecule has 1 saturated heterocycles. The van der Waals surface area contributed by atoms with Gasteiger partial charge < -0.3 is 5.11 Å². The van der Waals surface area contributed by atoms with Crippen LogP contribution in [0.2, 0.25) is 0 Å². The number of Topliss-reactive ketones (excluding diaryl/α,β-unsaturated/α-hetero) is 1. The molecule has 7 heteroatoms. The summed E-state index contributed by atoms with van der Waals surface area (Å²) in [5.74, 6) is -2.99. The van der Waals surface area contributed by atoms with Crippen molar-refractivity contribution in [2.24, 2.45) is 17.8 Å². The highest BCUT2D eigenvalue weighted by atomic mass is 79.9. The van der Waals surface area contributed by atoms with Gasteiger partial charge in [0, 0.05) is 40.6 Å². The summed E-state index contributed by atoms with van der Waals surface area (Å²) in [5, 5.41) is 12.9. The molecule has 4 atom stereocenters. The fraction of sp³-hybridized carbons (Fsp3) is 0.286. The van der Waals surface area contributed by atoms with Gasteiger partial charge in [0.2, 0.25) is 11.8 Å². The maximum atomic E-state index is 13.3. The molecule has 4 aliphatic rings. The van der Waals surface area contributed by atoms with Gasteiger partial charge in [-0.25, -0.2) is 0 Å². The Hall–Kier alpha value is -3.32. The van der Waals surface area contributed by atoms with Crippen LogP contribution in [0.5, 0.6) is 5.75 Å². The number of benzene rings is 2. The summed E-state index contributed by atoms with van der Waals surface area (Å²) in [6.07, 6.45) is 3.87. The van der Waals surface area contributed by atoms with E-state index in [1.165, 1.54) is 11.0 Å². The molecule has 2 aromatic rings. The Kier molecular flexibility index (Phi) is 4.97. The van der Waals surface area contributed by atoms with E-state index in [1.807, 2.05) is 36.4 Å². The fourth-order valence-electron chi connectivity index (χ4n) is 6.44. The number of phenols is 1. The number of amides is 2. The van der Waals surface area contributed by atoms with E-state index in [4.69, 9.17) is 0 Å². The summed E-state index contributed by atoms with van der Waals surface area (Å²) in [6.45, 7) is 2.09. The number of carbonyl (C=O) groups excluding carboxylic acids is 4. The van der Waals surface area contributed by atoms with Crippen molar-refractivity contribution in [2.45, 2.75) is 25.7 Å². The normalized spacial score (nSPS) is 28.1. The van der Waals surface area contributed by atoms with Crippen LogP contribution in [0.25, 0.3) is 10.8 Å². The number of aromatic hydroxyl groups is 1. The zero-order chi connectivity index (χ0) is 24.6. The Morgan fingerprint density at radius 2 is 1.80 bits per heavy atom. The quantitative estimate of drug-likeness (QED) is 0.353. The molecule has 3 aliphatic carbocycles. The van der Waals surface area contributed by atoms with Crippen molar-refractivity contribution in [1.82, 2.24) is 4.90 Å². The lowest BCUT2D eigenvalue weighted by atomic mass is 9.59. The van der Waals surface area contributed by atoms with Gasteiger partial charge in [0.25, 0.3) is 0 Å². The third-order valence-corrected chi connectivity index (χ3v) is 8.57. The van der Waals surface area contributed by atoms with Gasteiger partial charge in [-0.2, -0.15) is 0 Å². The number of hydrogen-bond acceptors (Lipinski definition) is 5. The first-order valence-electron chi connectivity index (χ1n) is 11.8. The number of ketones is 2. The van der Waals surface area contributed by atoms with Crippen LogP contribution in [-0.2, 0) is 19.2 Å². The Bertz CT molecular complexity index is 1460. The molecule has 1 aliphatic heterocycles. The highest BCUT2D eigenvalue weighted by Crippen LogP contribution is 2.56. The molecule has 0 bridgehead atoms. The molecule has 35 heavy (non-hydrogen) atoms. The van der Waals surface area contributed by atoms with Gasteiger partial charge in [-0.05, 0) is 47.0 Å². The van der Waals surface area contributed by atoms with Crippen molar-refractivity contribution in [1.29, 1.82) is 0 Å². The summed E-state index contributed by atoms with van der Waals surface area (Å²) < 4.78 is 0.187. The lowest BCUT2D eigenvalue weighted by Gasteiger charge is -2.42. The van der Waals surface area contributed by atoms with Gasteiger partial charge in [0.05, 0.1) is 16.3 Å². The lowest BCUT2D eigenvalue weighted by molar-refractivity contribution is -0.139. The van der Waals surface area contributed by atoms with E-state index in [9.17, 15) is 24.3 Å². The van der Waals surface area contributed by atoms with Gasteiger partial charge in [-0.3, -0.25) is 24.1 Å². The van der Waals surface area contributed by atoms with Gasteiger partial charge in [-0.1, -0.05) is 48.0 Å². The molecule has 0 radical (unpaired) electrons. The van der Waals surface area contributed by atoms with Crippen LogP contribution in [0.1, 0.15) is 31.2 Å². The zero-order valence-corrected chi connectivity index (χ0v) is 20.5. The summed E-state index contributed by atoms with van der Waals surface area (Å²) in [6, 6.07) is 11.1. The topological polar surface area (TPSA) is 91.8 Å². The van der Waals surface area contributed by atoms with E-state index < -0.39 is 23.7 Å². The van der Waals surface area contributed by atoms with E-state index in [-0.39, 0.29) is 40.0 Å². The number of rotatable bonds is 2. The second kappa shape index (κ2) is 7.85. The number of carbonyl (C=O) groups is 4. The van der Waals surface area contributed by atoms with Crippen molar-refractivity contribution < 1.29 is 24.3 Å². The standard InChI is InChI=1S/C28H22BrNO5/c1-2-30-27(34)17-10-9-15-18(23(17)28(30)35)11-19-24(21(31)12-20(29)26(19)33)22(15)16-8-7-13-5-3-4-6-14(13)25(16)32/h3-9,12,17-18,22-23,32H,2,10-11H2,1H3/t17-,18+,22+,23-/m0/s1. The molecule has 1 heterocycles. The van der Waals surface area contributed by atoms with Crippen LogP contribution >= 0.6 is 15.9 Å². The predicted octanol–water partition coefficient (Wildman–Crippen LogP) is 4.33. The first kappa shape index (κ1) is 22.2. The van der Waals surface area contributed by atoms with Crippen molar-refractivity contribution in [2.75, 3.05) is 6.54 Å². The minimum absolute atomic E-state index is 0.0569. The van der Waals surface area contributed by atoms with Crippen LogP contribution < -0.4 is 0 Å². The maximum Gasteiger partial charge on any atom is 0.233 e. The summed E-state index contributed by atoms with van der Waals surface area (Å²) in [5.41, 5.74) is 2.08. The van der Waals surface area contributed by atoms with Crippen molar-refractivity contribution in [3.05, 3.63) is 75.3 Å². The number of likely N-dealkylation sites (tertiary alicyclic amines) is 1. The molecule has 0 aromatic heterocycles.